The number of hydrogen-bond donors (Lipinski definition) is 0. The lowest BCUT2D eigenvalue weighted by Crippen LogP contribution is -2.41. The lowest BCUT2D eigenvalue weighted by molar-refractivity contribution is -0.385. The number of hydrogen-bond acceptors (Lipinski definition) is 13. The Morgan fingerprint density at radius 1 is 0.809 bits per heavy atom. The van der Waals surface area contributed by atoms with Gasteiger partial charge in [0.15, 0.2) is 23.1 Å². The molecule has 2 aliphatic heterocycles. The number of benzene rings is 2. The van der Waals surface area contributed by atoms with Gasteiger partial charge in [-0.1, -0.05) is 0 Å². The number of nitro groups is 2. The third-order valence-electron chi connectivity index (χ3n) is 7.77. The number of nitro benzene ring substituents is 2. The Balaban J connectivity index is 1.44. The van der Waals surface area contributed by atoms with E-state index in [-0.39, 0.29) is 79.0 Å². The molecule has 0 aromatic heterocycles. The molecule has 0 N–H and O–H groups in total. The van der Waals surface area contributed by atoms with Gasteiger partial charge in [0, 0.05) is 31.4 Å². The molecular formula is C30H32N4O13. The van der Waals surface area contributed by atoms with Crippen molar-refractivity contribution in [3.63, 3.8) is 0 Å². The summed E-state index contributed by atoms with van der Waals surface area (Å²) in [6.45, 7) is 2.66. The van der Waals surface area contributed by atoms with Crippen LogP contribution in [0.25, 0.3) is 0 Å². The number of likely N-dealkylation sites (tertiary alicyclic amines) is 2. The first-order chi connectivity index (χ1) is 22.3. The van der Waals surface area contributed by atoms with E-state index < -0.39 is 57.6 Å². The summed E-state index contributed by atoms with van der Waals surface area (Å²) in [6.07, 6.45) is 0.110. The van der Waals surface area contributed by atoms with Crippen molar-refractivity contribution < 1.29 is 52.8 Å². The molecule has 17 heteroatoms. The molecule has 2 atom stereocenters. The minimum absolute atomic E-state index is 0.0124. The zero-order valence-corrected chi connectivity index (χ0v) is 26.0. The van der Waals surface area contributed by atoms with Crippen LogP contribution in [0.5, 0.6) is 17.2 Å². The average Bonchev–Trinajstić information content (AvgIpc) is 3.60. The molecule has 0 spiro atoms. The van der Waals surface area contributed by atoms with Crippen molar-refractivity contribution in [3.8, 4) is 17.2 Å². The SMILES string of the molecule is COC(=O)[C@@H]1CC(=O)CN1C(=O)c1cc(C)c(OCCCOc2cc([N+](=O)[O-])c(C(=O)N3CC(=O)C[C@H]3C)cc2OC)cc1[N+](=O)[O-]. The van der Waals surface area contributed by atoms with Crippen molar-refractivity contribution in [1.29, 1.82) is 0 Å². The summed E-state index contributed by atoms with van der Waals surface area (Å²) in [7, 11) is 2.41. The molecule has 0 aliphatic carbocycles. The van der Waals surface area contributed by atoms with Crippen LogP contribution in [-0.4, -0.2) is 102 Å². The van der Waals surface area contributed by atoms with Gasteiger partial charge < -0.3 is 28.7 Å². The molecule has 0 saturated carbocycles. The number of aryl methyl sites for hydroxylation is 1. The molecule has 0 radical (unpaired) electrons. The fourth-order valence-corrected chi connectivity index (χ4v) is 5.40. The Labute approximate surface area is 267 Å². The number of carbonyl (C=O) groups is 5. The summed E-state index contributed by atoms with van der Waals surface area (Å²) in [5, 5.41) is 23.7. The highest BCUT2D eigenvalue weighted by Gasteiger charge is 2.42. The van der Waals surface area contributed by atoms with Crippen LogP contribution in [0, 0.1) is 27.2 Å². The molecule has 0 unspecified atom stereocenters. The van der Waals surface area contributed by atoms with E-state index in [1.54, 1.807) is 13.8 Å². The minimum atomic E-state index is -1.19. The van der Waals surface area contributed by atoms with Crippen LogP contribution in [0.2, 0.25) is 0 Å². The number of esters is 1. The summed E-state index contributed by atoms with van der Waals surface area (Å²) >= 11 is 0. The van der Waals surface area contributed by atoms with E-state index in [4.69, 9.17) is 14.2 Å². The van der Waals surface area contributed by atoms with Crippen LogP contribution in [0.15, 0.2) is 24.3 Å². The summed E-state index contributed by atoms with van der Waals surface area (Å²) in [5.41, 5.74) is -1.32. The third-order valence-corrected chi connectivity index (χ3v) is 7.77. The van der Waals surface area contributed by atoms with Gasteiger partial charge in [-0.2, -0.15) is 0 Å². The van der Waals surface area contributed by atoms with Gasteiger partial charge >= 0.3 is 5.97 Å². The molecule has 4 rings (SSSR count). The summed E-state index contributed by atoms with van der Waals surface area (Å²) < 4.78 is 21.4. The molecule has 250 valence electrons. The number of ketones is 2. The van der Waals surface area contributed by atoms with Gasteiger partial charge in [0.1, 0.15) is 22.9 Å². The second-order valence-electron chi connectivity index (χ2n) is 11.0. The highest BCUT2D eigenvalue weighted by atomic mass is 16.6. The molecule has 2 saturated heterocycles. The van der Waals surface area contributed by atoms with Crippen LogP contribution < -0.4 is 14.2 Å². The van der Waals surface area contributed by atoms with E-state index >= 15 is 0 Å². The third kappa shape index (κ3) is 7.29. The number of carbonyl (C=O) groups excluding carboxylic acids is 5. The zero-order valence-electron chi connectivity index (χ0n) is 26.0. The van der Waals surface area contributed by atoms with Gasteiger partial charge in [0.2, 0.25) is 0 Å². The van der Waals surface area contributed by atoms with Gasteiger partial charge in [0.25, 0.3) is 23.2 Å². The molecule has 2 aromatic rings. The van der Waals surface area contributed by atoms with Crippen molar-refractivity contribution in [1.82, 2.24) is 9.80 Å². The highest BCUT2D eigenvalue weighted by Crippen LogP contribution is 2.36. The number of amides is 2. The monoisotopic (exact) mass is 656 g/mol. The number of Topliss-reactive ketones (excluding diaryl/α,β-unsaturated/α-hetero) is 2. The van der Waals surface area contributed by atoms with Gasteiger partial charge in [-0.05, 0) is 25.5 Å². The highest BCUT2D eigenvalue weighted by molar-refractivity contribution is 6.05. The maximum absolute atomic E-state index is 13.2. The lowest BCUT2D eigenvalue weighted by Gasteiger charge is -2.22. The van der Waals surface area contributed by atoms with E-state index in [0.29, 0.717) is 5.56 Å². The van der Waals surface area contributed by atoms with E-state index in [9.17, 15) is 44.2 Å². The Kier molecular flexibility index (Phi) is 10.4. The standard InChI is InChI=1S/C30H32N4O13/c1-16-8-20(29(38)32-15-19(36)10-24(32)30(39)45-4)22(33(40)41)12-25(16)46-6-5-7-47-27-13-23(34(42)43)21(11-26(27)44-3)28(37)31-14-18(35)9-17(31)2/h8,11-13,17,24H,5-7,9-10,14-15H2,1-4H3/t17-,24+/m1/s1. The summed E-state index contributed by atoms with van der Waals surface area (Å²) in [4.78, 5) is 86.7. The quantitative estimate of drug-likeness (QED) is 0.139. The zero-order chi connectivity index (χ0) is 34.6. The first kappa shape index (κ1) is 34.3. The molecule has 0 bridgehead atoms. The van der Waals surface area contributed by atoms with Crippen LogP contribution in [0.4, 0.5) is 11.4 Å². The number of rotatable bonds is 12. The van der Waals surface area contributed by atoms with Crippen LogP contribution in [0.1, 0.15) is 52.5 Å². The molecule has 2 fully saturated rings. The Bertz CT molecular complexity index is 1660. The van der Waals surface area contributed by atoms with Gasteiger partial charge in [-0.25, -0.2) is 4.79 Å². The van der Waals surface area contributed by atoms with Crippen molar-refractivity contribution in [3.05, 3.63) is 61.2 Å². The topological polar surface area (TPSA) is 215 Å². The second kappa shape index (κ2) is 14.2. The predicted molar refractivity (Wildman–Crippen MR) is 160 cm³/mol. The number of ether oxygens (including phenoxy) is 4. The predicted octanol–water partition coefficient (Wildman–Crippen LogP) is 2.43. The smallest absolute Gasteiger partial charge is 0.329 e. The summed E-state index contributed by atoms with van der Waals surface area (Å²) in [6, 6.07) is 2.98. The molecular weight excluding hydrogens is 624 g/mol. The molecule has 2 amide bonds. The second-order valence-corrected chi connectivity index (χ2v) is 11.0. The van der Waals surface area contributed by atoms with Crippen molar-refractivity contribution >= 4 is 40.7 Å². The molecule has 2 aliphatic rings. The fraction of sp³-hybridized carbons (Fsp3) is 0.433. The normalized spacial score (nSPS) is 17.4. The fourth-order valence-electron chi connectivity index (χ4n) is 5.40. The van der Waals surface area contributed by atoms with Gasteiger partial charge in [0.05, 0.1) is 62.5 Å². The first-order valence-electron chi connectivity index (χ1n) is 14.4. The van der Waals surface area contributed by atoms with Crippen molar-refractivity contribution in [2.75, 3.05) is 40.5 Å². The minimum Gasteiger partial charge on any atom is -0.493 e. The van der Waals surface area contributed by atoms with Crippen molar-refractivity contribution in [2.45, 2.75) is 45.2 Å². The molecule has 2 aromatic carbocycles. The lowest BCUT2D eigenvalue weighted by atomic mass is 10.1. The van der Waals surface area contributed by atoms with E-state index in [0.717, 1.165) is 24.1 Å². The Morgan fingerprint density at radius 3 is 1.89 bits per heavy atom. The van der Waals surface area contributed by atoms with E-state index in [2.05, 4.69) is 4.74 Å². The van der Waals surface area contributed by atoms with E-state index in [1.807, 2.05) is 0 Å². The maximum atomic E-state index is 13.2. The molecule has 2 heterocycles. The Morgan fingerprint density at radius 2 is 1.34 bits per heavy atom. The van der Waals surface area contributed by atoms with Crippen LogP contribution >= 0.6 is 0 Å². The molecule has 17 nitrogen and oxygen atoms in total. The van der Waals surface area contributed by atoms with Gasteiger partial charge in [-0.3, -0.25) is 39.4 Å². The van der Waals surface area contributed by atoms with E-state index in [1.165, 1.54) is 24.1 Å². The number of methoxy groups -OCH3 is 2. The Hall–Kier alpha value is -5.61. The van der Waals surface area contributed by atoms with Crippen LogP contribution in [-0.2, 0) is 19.1 Å². The maximum Gasteiger partial charge on any atom is 0.329 e. The molecule has 47 heavy (non-hydrogen) atoms. The van der Waals surface area contributed by atoms with Crippen molar-refractivity contribution in [2.24, 2.45) is 0 Å². The average molecular weight is 657 g/mol. The van der Waals surface area contributed by atoms with Gasteiger partial charge in [-0.15, -0.1) is 0 Å². The first-order valence-corrected chi connectivity index (χ1v) is 14.4. The number of nitrogens with zero attached hydrogens (tertiary/aromatic N) is 4. The summed E-state index contributed by atoms with van der Waals surface area (Å²) in [5.74, 6) is -2.76. The largest absolute Gasteiger partial charge is 0.493 e. The van der Waals surface area contributed by atoms with Crippen LogP contribution in [0.3, 0.4) is 0 Å².